The number of nitrogens with one attached hydrogen (secondary N) is 1. The van der Waals surface area contributed by atoms with Crippen molar-refractivity contribution in [3.8, 4) is 5.75 Å². The van der Waals surface area contributed by atoms with Gasteiger partial charge in [-0.25, -0.2) is 4.79 Å². The Morgan fingerprint density at radius 1 is 1.23 bits per heavy atom. The zero-order chi connectivity index (χ0) is 19.7. The molecule has 2 rings (SSSR count). The zero-order valence-electron chi connectivity index (χ0n) is 16.9. The molecule has 1 aromatic heterocycles. The fourth-order valence-corrected chi connectivity index (χ4v) is 2.80. The molecule has 0 unspecified atom stereocenters. The molecule has 0 radical (unpaired) electrons. The van der Waals surface area contributed by atoms with E-state index >= 15 is 0 Å². The fourth-order valence-electron chi connectivity index (χ4n) is 2.80. The largest absolute Gasteiger partial charge is 0.514 e. The molecule has 1 aromatic carbocycles. The van der Waals surface area contributed by atoms with E-state index in [4.69, 9.17) is 9.47 Å². The van der Waals surface area contributed by atoms with E-state index in [0.29, 0.717) is 5.75 Å². The van der Waals surface area contributed by atoms with Gasteiger partial charge < -0.3 is 19.4 Å². The molecule has 1 heterocycles. The van der Waals surface area contributed by atoms with Gasteiger partial charge in [0.1, 0.15) is 11.4 Å². The van der Waals surface area contributed by atoms with Crippen molar-refractivity contribution in [3.63, 3.8) is 0 Å². The summed E-state index contributed by atoms with van der Waals surface area (Å²) in [5.74, 6) is 0.451. The van der Waals surface area contributed by atoms with Crippen molar-refractivity contribution in [1.29, 1.82) is 0 Å². The molecule has 26 heavy (non-hydrogen) atoms. The number of aromatic nitrogens is 1. The van der Waals surface area contributed by atoms with Gasteiger partial charge in [-0.15, -0.1) is 6.58 Å². The molecule has 0 saturated heterocycles. The molecular formula is C21H30N2O3. The average molecular weight is 358 g/mol. The number of carbonyl (C=O) groups excluding carboxylic acids is 1. The van der Waals surface area contributed by atoms with E-state index in [1.807, 2.05) is 32.3 Å². The van der Waals surface area contributed by atoms with Gasteiger partial charge in [0.05, 0.1) is 0 Å². The summed E-state index contributed by atoms with van der Waals surface area (Å²) in [7, 11) is 4.09. The Balaban J connectivity index is 2.43. The fraction of sp³-hybridized carbons (Fsp3) is 0.476. The first-order valence-corrected chi connectivity index (χ1v) is 8.77. The maximum Gasteiger partial charge on any atom is 0.514 e. The van der Waals surface area contributed by atoms with Crippen LogP contribution >= 0.6 is 0 Å². The van der Waals surface area contributed by atoms with Crippen LogP contribution in [-0.4, -0.2) is 35.7 Å². The maximum atomic E-state index is 11.9. The highest BCUT2D eigenvalue weighted by molar-refractivity contribution is 5.87. The van der Waals surface area contributed by atoms with E-state index in [2.05, 4.69) is 30.3 Å². The second-order valence-electron chi connectivity index (χ2n) is 8.42. The van der Waals surface area contributed by atoms with Crippen molar-refractivity contribution in [2.45, 2.75) is 52.2 Å². The molecule has 5 nitrogen and oxygen atoms in total. The number of nitrogens with zero attached hydrogens (tertiary/aromatic N) is 1. The van der Waals surface area contributed by atoms with Crippen molar-refractivity contribution in [2.75, 3.05) is 14.1 Å². The Hall–Kier alpha value is -2.27. The summed E-state index contributed by atoms with van der Waals surface area (Å²) in [4.78, 5) is 17.5. The molecule has 0 aliphatic rings. The van der Waals surface area contributed by atoms with Crippen LogP contribution in [0.1, 0.15) is 45.9 Å². The predicted molar refractivity (Wildman–Crippen MR) is 106 cm³/mol. The number of ether oxygens (including phenoxy) is 2. The van der Waals surface area contributed by atoms with Crippen LogP contribution in [0.15, 0.2) is 30.9 Å². The molecule has 2 aromatic rings. The minimum Gasteiger partial charge on any atom is -0.428 e. The SMILES string of the molecule is C=CC(C)(C)c1[nH]c2cc(OC(=O)OC(C)(C)C)ccc2c1CN(C)C. The first-order chi connectivity index (χ1) is 11.9. The third-order valence-corrected chi connectivity index (χ3v) is 4.10. The minimum absolute atomic E-state index is 0.198. The van der Waals surface area contributed by atoms with Gasteiger partial charge >= 0.3 is 6.16 Å². The van der Waals surface area contributed by atoms with Crippen molar-refractivity contribution in [1.82, 2.24) is 9.88 Å². The Labute approximate surface area is 156 Å². The molecular weight excluding hydrogens is 328 g/mol. The molecule has 0 spiro atoms. The van der Waals surface area contributed by atoms with Crippen molar-refractivity contribution < 1.29 is 14.3 Å². The van der Waals surface area contributed by atoms with E-state index in [1.54, 1.807) is 26.8 Å². The van der Waals surface area contributed by atoms with Crippen LogP contribution in [0.5, 0.6) is 5.75 Å². The highest BCUT2D eigenvalue weighted by Gasteiger charge is 2.25. The number of H-pyrrole nitrogens is 1. The topological polar surface area (TPSA) is 54.6 Å². The lowest BCUT2D eigenvalue weighted by Crippen LogP contribution is -2.25. The summed E-state index contributed by atoms with van der Waals surface area (Å²) in [6, 6.07) is 5.61. The van der Waals surface area contributed by atoms with Gasteiger partial charge in [0, 0.05) is 34.6 Å². The van der Waals surface area contributed by atoms with Crippen LogP contribution in [0.25, 0.3) is 10.9 Å². The van der Waals surface area contributed by atoms with E-state index in [-0.39, 0.29) is 5.41 Å². The van der Waals surface area contributed by atoms with Crippen LogP contribution in [0, 0.1) is 0 Å². The van der Waals surface area contributed by atoms with Gasteiger partial charge in [-0.05, 0) is 52.6 Å². The Morgan fingerprint density at radius 2 is 1.88 bits per heavy atom. The van der Waals surface area contributed by atoms with Crippen LogP contribution in [-0.2, 0) is 16.7 Å². The van der Waals surface area contributed by atoms with E-state index in [1.165, 1.54) is 5.56 Å². The van der Waals surface area contributed by atoms with Gasteiger partial charge in [-0.1, -0.05) is 19.9 Å². The molecule has 0 fully saturated rings. The summed E-state index contributed by atoms with van der Waals surface area (Å²) in [5, 5.41) is 1.11. The van der Waals surface area contributed by atoms with Crippen LogP contribution < -0.4 is 4.74 Å². The molecule has 5 heteroatoms. The number of rotatable bonds is 5. The summed E-state index contributed by atoms with van der Waals surface area (Å²) in [6.45, 7) is 14.4. The first kappa shape index (κ1) is 20.0. The highest BCUT2D eigenvalue weighted by atomic mass is 16.7. The molecule has 0 saturated carbocycles. The second kappa shape index (κ2) is 7.16. The van der Waals surface area contributed by atoms with E-state index < -0.39 is 11.8 Å². The number of benzene rings is 1. The molecule has 142 valence electrons. The number of fused-ring (bicyclic) bond motifs is 1. The van der Waals surface area contributed by atoms with Gasteiger partial charge in [-0.3, -0.25) is 0 Å². The highest BCUT2D eigenvalue weighted by Crippen LogP contribution is 2.34. The van der Waals surface area contributed by atoms with Gasteiger partial charge in [0.2, 0.25) is 0 Å². The molecule has 0 amide bonds. The lowest BCUT2D eigenvalue weighted by Gasteiger charge is -2.22. The van der Waals surface area contributed by atoms with Gasteiger partial charge in [-0.2, -0.15) is 0 Å². The average Bonchev–Trinajstić information content (AvgIpc) is 2.83. The number of hydrogen-bond acceptors (Lipinski definition) is 4. The van der Waals surface area contributed by atoms with Gasteiger partial charge in [0.25, 0.3) is 0 Å². The monoisotopic (exact) mass is 358 g/mol. The summed E-state index contributed by atoms with van der Waals surface area (Å²) < 4.78 is 10.5. The Bertz CT molecular complexity index is 811. The third-order valence-electron chi connectivity index (χ3n) is 4.10. The lowest BCUT2D eigenvalue weighted by atomic mass is 9.86. The van der Waals surface area contributed by atoms with E-state index in [0.717, 1.165) is 23.1 Å². The van der Waals surface area contributed by atoms with Crippen LogP contribution in [0.3, 0.4) is 0 Å². The van der Waals surface area contributed by atoms with Crippen molar-refractivity contribution in [2.24, 2.45) is 0 Å². The summed E-state index contributed by atoms with van der Waals surface area (Å²) >= 11 is 0. The standard InChI is InChI=1S/C21H30N2O3/c1-9-21(5,6)18-16(13-23(7)8)15-11-10-14(12-17(15)22-18)25-19(24)26-20(2,3)4/h9-12,22H,1,13H2,2-8H3. The van der Waals surface area contributed by atoms with Crippen molar-refractivity contribution >= 4 is 17.1 Å². The smallest absolute Gasteiger partial charge is 0.428 e. The molecule has 0 aliphatic carbocycles. The van der Waals surface area contributed by atoms with E-state index in [9.17, 15) is 4.79 Å². The molecule has 1 N–H and O–H groups in total. The number of carbonyl (C=O) groups is 1. The Kier molecular flexibility index (Phi) is 5.52. The minimum atomic E-state index is -0.705. The first-order valence-electron chi connectivity index (χ1n) is 8.77. The molecule has 0 atom stereocenters. The number of aromatic amines is 1. The van der Waals surface area contributed by atoms with Crippen LogP contribution in [0.4, 0.5) is 4.79 Å². The number of allylic oxidation sites excluding steroid dienone is 1. The second-order valence-corrected chi connectivity index (χ2v) is 8.42. The molecule has 0 bridgehead atoms. The Morgan fingerprint density at radius 3 is 2.42 bits per heavy atom. The van der Waals surface area contributed by atoms with Gasteiger partial charge in [0.15, 0.2) is 0 Å². The summed E-state index contributed by atoms with van der Waals surface area (Å²) in [6.07, 6.45) is 1.23. The lowest BCUT2D eigenvalue weighted by molar-refractivity contribution is 0.0206. The quantitative estimate of drug-likeness (QED) is 0.464. The molecule has 0 aliphatic heterocycles. The number of hydrogen-bond donors (Lipinski definition) is 1. The van der Waals surface area contributed by atoms with Crippen molar-refractivity contribution in [3.05, 3.63) is 42.1 Å². The normalized spacial score (nSPS) is 12.5. The summed E-state index contributed by atoms with van der Waals surface area (Å²) in [5.41, 5.74) is 2.47. The third kappa shape index (κ3) is 4.67. The van der Waals surface area contributed by atoms with Crippen LogP contribution in [0.2, 0.25) is 0 Å². The predicted octanol–water partition coefficient (Wildman–Crippen LogP) is 5.01. The maximum absolute atomic E-state index is 11.9. The zero-order valence-corrected chi connectivity index (χ0v) is 16.9.